The summed E-state index contributed by atoms with van der Waals surface area (Å²) in [6, 6.07) is 8.15. The van der Waals surface area contributed by atoms with Crippen LogP contribution in [0.2, 0.25) is 0 Å². The third-order valence-electron chi connectivity index (χ3n) is 4.68. The van der Waals surface area contributed by atoms with Gasteiger partial charge in [-0.1, -0.05) is 48.7 Å². The lowest BCUT2D eigenvalue weighted by Gasteiger charge is -2.36. The van der Waals surface area contributed by atoms with Crippen LogP contribution in [0.3, 0.4) is 0 Å². The van der Waals surface area contributed by atoms with Gasteiger partial charge in [0.1, 0.15) is 0 Å². The molecule has 1 aromatic heterocycles. The maximum atomic E-state index is 5.50. The van der Waals surface area contributed by atoms with Crippen LogP contribution in [0.25, 0.3) is 11.4 Å². The van der Waals surface area contributed by atoms with E-state index in [1.54, 1.807) is 0 Å². The number of benzene rings is 1. The van der Waals surface area contributed by atoms with Crippen LogP contribution in [-0.4, -0.2) is 22.7 Å². The van der Waals surface area contributed by atoms with Gasteiger partial charge in [0.15, 0.2) is 0 Å². The molecular formula is C17H23N3O. The van der Waals surface area contributed by atoms with Gasteiger partial charge in [-0.2, -0.15) is 4.98 Å². The monoisotopic (exact) mass is 285 g/mol. The molecule has 0 aliphatic heterocycles. The summed E-state index contributed by atoms with van der Waals surface area (Å²) < 4.78 is 5.50. The van der Waals surface area contributed by atoms with Crippen molar-refractivity contribution in [3.05, 3.63) is 35.7 Å². The highest BCUT2D eigenvalue weighted by Gasteiger charge is 2.32. The lowest BCUT2D eigenvalue weighted by molar-refractivity contribution is 0.221. The maximum absolute atomic E-state index is 5.50. The lowest BCUT2D eigenvalue weighted by Crippen LogP contribution is -2.46. The minimum absolute atomic E-state index is 0.133. The molecule has 3 rings (SSSR count). The van der Waals surface area contributed by atoms with Crippen LogP contribution in [0.4, 0.5) is 0 Å². The first-order valence-corrected chi connectivity index (χ1v) is 7.80. The number of aromatic nitrogens is 2. The summed E-state index contributed by atoms with van der Waals surface area (Å²) in [5.41, 5.74) is 2.36. The van der Waals surface area contributed by atoms with Crippen LogP contribution in [0.15, 0.2) is 28.8 Å². The molecule has 0 unspecified atom stereocenters. The summed E-state index contributed by atoms with van der Waals surface area (Å²) in [6.45, 7) is 2.07. The van der Waals surface area contributed by atoms with Crippen molar-refractivity contribution in [2.45, 2.75) is 51.0 Å². The first-order valence-electron chi connectivity index (χ1n) is 7.80. The van der Waals surface area contributed by atoms with Crippen molar-refractivity contribution in [1.29, 1.82) is 0 Å². The van der Waals surface area contributed by atoms with Crippen LogP contribution in [0.1, 0.15) is 43.6 Å². The van der Waals surface area contributed by atoms with Gasteiger partial charge in [-0.15, -0.1) is 0 Å². The van der Waals surface area contributed by atoms with E-state index >= 15 is 0 Å². The Morgan fingerprint density at radius 2 is 1.95 bits per heavy atom. The molecule has 4 heteroatoms. The van der Waals surface area contributed by atoms with E-state index in [2.05, 4.69) is 28.4 Å². The van der Waals surface area contributed by atoms with E-state index in [9.17, 15) is 0 Å². The van der Waals surface area contributed by atoms with E-state index in [0.29, 0.717) is 5.82 Å². The highest BCUT2D eigenvalue weighted by molar-refractivity contribution is 5.58. The van der Waals surface area contributed by atoms with Gasteiger partial charge in [0.2, 0.25) is 11.7 Å². The molecule has 1 heterocycles. The van der Waals surface area contributed by atoms with Crippen LogP contribution in [-0.2, 0) is 6.42 Å². The summed E-state index contributed by atoms with van der Waals surface area (Å²) in [7, 11) is 2.05. The van der Waals surface area contributed by atoms with E-state index in [1.807, 2.05) is 25.2 Å². The van der Waals surface area contributed by atoms with Crippen molar-refractivity contribution < 1.29 is 4.52 Å². The Hall–Kier alpha value is -1.68. The second-order valence-corrected chi connectivity index (χ2v) is 6.09. The molecule has 21 heavy (non-hydrogen) atoms. The highest BCUT2D eigenvalue weighted by Crippen LogP contribution is 2.31. The van der Waals surface area contributed by atoms with E-state index in [4.69, 9.17) is 4.52 Å². The molecule has 1 aliphatic rings. The van der Waals surface area contributed by atoms with Gasteiger partial charge in [-0.05, 0) is 32.4 Å². The molecule has 0 radical (unpaired) electrons. The molecule has 0 saturated heterocycles. The fraction of sp³-hybridized carbons (Fsp3) is 0.529. The largest absolute Gasteiger partial charge is 0.339 e. The Kier molecular flexibility index (Phi) is 4.06. The normalized spacial score (nSPS) is 17.8. The number of likely N-dealkylation sites (N-methyl/N-ethyl adjacent to an activating group) is 1. The summed E-state index contributed by atoms with van der Waals surface area (Å²) in [6.07, 6.45) is 7.08. The van der Waals surface area contributed by atoms with E-state index < -0.39 is 0 Å². The number of nitrogens with zero attached hydrogens (tertiary/aromatic N) is 2. The molecule has 1 aliphatic carbocycles. The third kappa shape index (κ3) is 3.00. The fourth-order valence-corrected chi connectivity index (χ4v) is 3.29. The molecular weight excluding hydrogens is 262 g/mol. The van der Waals surface area contributed by atoms with Crippen LogP contribution in [0.5, 0.6) is 0 Å². The number of hydrogen-bond donors (Lipinski definition) is 1. The number of nitrogens with one attached hydrogen (secondary N) is 1. The second kappa shape index (κ2) is 5.98. The smallest absolute Gasteiger partial charge is 0.228 e. The van der Waals surface area contributed by atoms with Gasteiger partial charge in [0.25, 0.3) is 0 Å². The van der Waals surface area contributed by atoms with Crippen molar-refractivity contribution in [2.75, 3.05) is 7.05 Å². The van der Waals surface area contributed by atoms with Crippen molar-refractivity contribution >= 4 is 0 Å². The van der Waals surface area contributed by atoms with Crippen molar-refractivity contribution in [3.8, 4) is 11.4 Å². The lowest BCUT2D eigenvalue weighted by atomic mass is 9.79. The van der Waals surface area contributed by atoms with Crippen LogP contribution in [0, 0.1) is 6.92 Å². The predicted molar refractivity (Wildman–Crippen MR) is 83.1 cm³/mol. The quantitative estimate of drug-likeness (QED) is 0.934. The molecule has 2 aromatic rings. The highest BCUT2D eigenvalue weighted by atomic mass is 16.5. The summed E-state index contributed by atoms with van der Waals surface area (Å²) in [5.74, 6) is 1.44. The van der Waals surface area contributed by atoms with Gasteiger partial charge in [-0.25, -0.2) is 0 Å². The first-order chi connectivity index (χ1) is 10.2. The summed E-state index contributed by atoms with van der Waals surface area (Å²) >= 11 is 0. The van der Waals surface area contributed by atoms with E-state index in [0.717, 1.165) is 17.9 Å². The number of hydrogen-bond acceptors (Lipinski definition) is 4. The molecule has 0 spiro atoms. The Balaban J connectivity index is 1.80. The van der Waals surface area contributed by atoms with Crippen molar-refractivity contribution in [3.63, 3.8) is 0 Å². The van der Waals surface area contributed by atoms with Gasteiger partial charge in [0, 0.05) is 17.5 Å². The van der Waals surface area contributed by atoms with Crippen LogP contribution < -0.4 is 5.32 Å². The Bertz CT molecular complexity index is 600. The Morgan fingerprint density at radius 3 is 2.67 bits per heavy atom. The van der Waals surface area contributed by atoms with Crippen molar-refractivity contribution in [1.82, 2.24) is 15.5 Å². The van der Waals surface area contributed by atoms with E-state index in [-0.39, 0.29) is 5.54 Å². The topological polar surface area (TPSA) is 51.0 Å². The van der Waals surface area contributed by atoms with Gasteiger partial charge < -0.3 is 9.84 Å². The average Bonchev–Trinajstić information content (AvgIpc) is 2.97. The zero-order chi connectivity index (χ0) is 14.7. The molecule has 0 atom stereocenters. The Morgan fingerprint density at radius 1 is 1.19 bits per heavy atom. The molecule has 1 aromatic carbocycles. The third-order valence-corrected chi connectivity index (χ3v) is 4.68. The molecule has 1 N–H and O–H groups in total. The minimum Gasteiger partial charge on any atom is -0.339 e. The molecule has 0 bridgehead atoms. The number of aryl methyl sites for hydroxylation is 1. The molecule has 0 amide bonds. The van der Waals surface area contributed by atoms with Crippen LogP contribution >= 0.6 is 0 Å². The first kappa shape index (κ1) is 14.3. The average molecular weight is 285 g/mol. The number of rotatable bonds is 4. The zero-order valence-corrected chi connectivity index (χ0v) is 12.9. The molecule has 4 nitrogen and oxygen atoms in total. The Labute approximate surface area is 126 Å². The van der Waals surface area contributed by atoms with Gasteiger partial charge in [0.05, 0.1) is 0 Å². The molecule has 1 saturated carbocycles. The van der Waals surface area contributed by atoms with Crippen molar-refractivity contribution in [2.24, 2.45) is 0 Å². The standard InChI is InChI=1S/C17H23N3O/c1-13-8-4-5-9-14(13)16-19-15(21-20-16)12-17(18-2)10-6-3-7-11-17/h4-5,8-9,18H,3,6-7,10-12H2,1-2H3. The van der Waals surface area contributed by atoms with Gasteiger partial charge >= 0.3 is 0 Å². The molecule has 1 fully saturated rings. The fourth-order valence-electron chi connectivity index (χ4n) is 3.29. The zero-order valence-electron chi connectivity index (χ0n) is 12.9. The van der Waals surface area contributed by atoms with E-state index in [1.165, 1.54) is 37.7 Å². The summed E-state index contributed by atoms with van der Waals surface area (Å²) in [4.78, 5) is 4.61. The summed E-state index contributed by atoms with van der Waals surface area (Å²) in [5, 5.41) is 7.66. The minimum atomic E-state index is 0.133. The predicted octanol–water partition coefficient (Wildman–Crippen LogP) is 3.51. The molecule has 112 valence electrons. The maximum Gasteiger partial charge on any atom is 0.228 e. The van der Waals surface area contributed by atoms with Gasteiger partial charge in [-0.3, -0.25) is 0 Å². The SMILES string of the molecule is CNC1(Cc2nc(-c3ccccc3C)no2)CCCCC1. The second-order valence-electron chi connectivity index (χ2n) is 6.09.